The van der Waals surface area contributed by atoms with Crippen molar-refractivity contribution >= 4 is 40.1 Å². The third-order valence-corrected chi connectivity index (χ3v) is 11.7. The standard InChI is InChI=1S/C28H39N3O6S2Si/c1-38(33,34)29-17-9-8-12-25(29)15-13-23-14-16-26(27(20-23)37-22-24-10-6-5-7-11-24)31-21-28(32)30(39(31,35)36)18-19-40(2,3)4/h5-7,10-11,13-16,20-21,25,32H,8-9,12,17-19,22H2,1-4H3. The highest BCUT2D eigenvalue weighted by Gasteiger charge is 2.39. The predicted octanol–water partition coefficient (Wildman–Crippen LogP) is 5.15. The molecule has 1 saturated heterocycles. The Bertz CT molecular complexity index is 1470. The second-order valence-corrected chi connectivity index (χ2v) is 20.8. The van der Waals surface area contributed by atoms with Crippen LogP contribution in [0.3, 0.4) is 0 Å². The summed E-state index contributed by atoms with van der Waals surface area (Å²) >= 11 is 0. The molecule has 0 amide bonds. The number of piperidine rings is 1. The van der Waals surface area contributed by atoms with Crippen molar-refractivity contribution in [1.29, 1.82) is 0 Å². The molecule has 12 heteroatoms. The van der Waals surface area contributed by atoms with E-state index in [4.69, 9.17) is 4.74 Å². The molecule has 0 aromatic heterocycles. The van der Waals surface area contributed by atoms with Gasteiger partial charge in [0.25, 0.3) is 0 Å². The van der Waals surface area contributed by atoms with Gasteiger partial charge in [-0.15, -0.1) is 0 Å². The van der Waals surface area contributed by atoms with Gasteiger partial charge in [0.1, 0.15) is 18.0 Å². The number of rotatable bonds is 10. The van der Waals surface area contributed by atoms with Crippen LogP contribution in [0.5, 0.6) is 5.75 Å². The van der Waals surface area contributed by atoms with Crippen LogP contribution in [-0.4, -0.2) is 64.0 Å². The lowest BCUT2D eigenvalue weighted by Crippen LogP contribution is -2.41. The molecule has 0 radical (unpaired) electrons. The van der Waals surface area contributed by atoms with Gasteiger partial charge in [-0.05, 0) is 42.1 Å². The highest BCUT2D eigenvalue weighted by molar-refractivity contribution is 7.91. The summed E-state index contributed by atoms with van der Waals surface area (Å²) in [6, 6.07) is 15.2. The highest BCUT2D eigenvalue weighted by Crippen LogP contribution is 2.38. The van der Waals surface area contributed by atoms with Gasteiger partial charge in [-0.3, -0.25) is 0 Å². The Morgan fingerprint density at radius 1 is 1.10 bits per heavy atom. The minimum Gasteiger partial charge on any atom is -0.493 e. The molecule has 2 heterocycles. The Balaban J connectivity index is 1.65. The van der Waals surface area contributed by atoms with Crippen LogP contribution in [0.2, 0.25) is 25.7 Å². The maximum absolute atomic E-state index is 13.5. The lowest BCUT2D eigenvalue weighted by Gasteiger charge is -2.31. The molecule has 2 aliphatic rings. The van der Waals surface area contributed by atoms with Gasteiger partial charge < -0.3 is 9.84 Å². The molecule has 0 saturated carbocycles. The van der Waals surface area contributed by atoms with Crippen molar-refractivity contribution in [3.63, 3.8) is 0 Å². The summed E-state index contributed by atoms with van der Waals surface area (Å²) in [5, 5.41) is 10.6. The van der Waals surface area contributed by atoms with Gasteiger partial charge in [0.15, 0.2) is 0 Å². The summed E-state index contributed by atoms with van der Waals surface area (Å²) in [5.41, 5.74) is 1.94. The van der Waals surface area contributed by atoms with Gasteiger partial charge >= 0.3 is 10.2 Å². The molecule has 4 rings (SSSR count). The number of sulfonamides is 1. The van der Waals surface area contributed by atoms with Crippen molar-refractivity contribution < 1.29 is 26.7 Å². The van der Waals surface area contributed by atoms with Crippen molar-refractivity contribution in [2.75, 3.05) is 23.7 Å². The van der Waals surface area contributed by atoms with Crippen molar-refractivity contribution in [1.82, 2.24) is 8.61 Å². The molecule has 1 atom stereocenters. The number of aliphatic hydroxyl groups is 1. The Morgan fingerprint density at radius 3 is 2.50 bits per heavy atom. The van der Waals surface area contributed by atoms with Crippen molar-refractivity contribution in [3.05, 3.63) is 77.8 Å². The van der Waals surface area contributed by atoms with E-state index in [-0.39, 0.29) is 30.8 Å². The largest absolute Gasteiger partial charge is 0.493 e. The zero-order valence-electron chi connectivity index (χ0n) is 23.5. The predicted molar refractivity (Wildman–Crippen MR) is 162 cm³/mol. The lowest BCUT2D eigenvalue weighted by atomic mass is 10.0. The highest BCUT2D eigenvalue weighted by atomic mass is 32.2. The first-order chi connectivity index (χ1) is 18.8. The molecular weight excluding hydrogens is 567 g/mol. The quantitative estimate of drug-likeness (QED) is 0.375. The Kier molecular flexibility index (Phi) is 9.03. The van der Waals surface area contributed by atoms with Gasteiger partial charge in [0.2, 0.25) is 15.9 Å². The van der Waals surface area contributed by atoms with E-state index < -0.39 is 28.3 Å². The molecule has 0 spiro atoms. The first-order valence-corrected chi connectivity index (χ1v) is 20.4. The van der Waals surface area contributed by atoms with Crippen LogP contribution in [0, 0.1) is 0 Å². The summed E-state index contributed by atoms with van der Waals surface area (Å²) < 4.78 is 61.4. The van der Waals surface area contributed by atoms with Crippen LogP contribution >= 0.6 is 0 Å². The summed E-state index contributed by atoms with van der Waals surface area (Å²) in [6.45, 7) is 7.37. The Labute approximate surface area is 239 Å². The Hall–Kier alpha value is -2.80. The van der Waals surface area contributed by atoms with E-state index in [0.717, 1.165) is 39.0 Å². The summed E-state index contributed by atoms with van der Waals surface area (Å²) in [6.07, 6.45) is 8.70. The van der Waals surface area contributed by atoms with Gasteiger partial charge in [0.05, 0.1) is 12.5 Å². The fraction of sp³-hybridized carbons (Fsp3) is 0.429. The van der Waals surface area contributed by atoms with E-state index in [9.17, 15) is 21.9 Å². The van der Waals surface area contributed by atoms with Crippen molar-refractivity contribution in [3.8, 4) is 5.75 Å². The van der Waals surface area contributed by atoms with Crippen LogP contribution < -0.4 is 9.04 Å². The molecule has 9 nitrogen and oxygen atoms in total. The van der Waals surface area contributed by atoms with Gasteiger partial charge in [-0.25, -0.2) is 17.0 Å². The zero-order chi connectivity index (χ0) is 29.1. The third kappa shape index (κ3) is 7.28. The average molecular weight is 606 g/mol. The maximum atomic E-state index is 13.5. The lowest BCUT2D eigenvalue weighted by molar-refractivity contribution is 0.293. The molecule has 2 aromatic rings. The SMILES string of the molecule is C[Si](C)(C)CCN1C(O)=CN(c2ccc(C=CC3CCCCN3S(C)(=O)=O)cc2OCc2ccccc2)S1(=O)=O. The van der Waals surface area contributed by atoms with E-state index >= 15 is 0 Å². The summed E-state index contributed by atoms with van der Waals surface area (Å²) in [4.78, 5) is 0. The van der Waals surface area contributed by atoms with Crippen LogP contribution in [0.15, 0.2) is 66.7 Å². The average Bonchev–Trinajstić information content (AvgIpc) is 3.12. The first-order valence-electron chi connectivity index (χ1n) is 13.4. The second-order valence-electron chi connectivity index (χ2n) is 11.5. The molecule has 1 N–H and O–H groups in total. The fourth-order valence-corrected chi connectivity index (χ4v) is 8.38. The molecule has 1 unspecified atom stereocenters. The van der Waals surface area contributed by atoms with Crippen LogP contribution in [0.25, 0.3) is 6.08 Å². The minimum absolute atomic E-state index is 0.205. The van der Waals surface area contributed by atoms with E-state index in [1.807, 2.05) is 42.5 Å². The monoisotopic (exact) mass is 605 g/mol. The normalized spacial score (nSPS) is 20.2. The van der Waals surface area contributed by atoms with Crippen LogP contribution in [-0.2, 0) is 26.8 Å². The number of anilines is 1. The van der Waals surface area contributed by atoms with Crippen LogP contribution in [0.1, 0.15) is 30.4 Å². The zero-order valence-corrected chi connectivity index (χ0v) is 26.2. The van der Waals surface area contributed by atoms with Crippen LogP contribution in [0.4, 0.5) is 5.69 Å². The number of hydrogen-bond donors (Lipinski definition) is 1. The van der Waals surface area contributed by atoms with Gasteiger partial charge in [0, 0.05) is 27.2 Å². The number of benzene rings is 2. The topological polar surface area (TPSA) is 107 Å². The minimum atomic E-state index is -4.05. The van der Waals surface area contributed by atoms with Crippen molar-refractivity contribution in [2.24, 2.45) is 0 Å². The summed E-state index contributed by atoms with van der Waals surface area (Å²) in [5.74, 6) is 0.00341. The number of ether oxygens (including phenoxy) is 1. The van der Waals surface area contributed by atoms with E-state index in [0.29, 0.717) is 18.3 Å². The number of hydrogen-bond acceptors (Lipinski definition) is 6. The Morgan fingerprint density at radius 2 is 1.82 bits per heavy atom. The third-order valence-electron chi connectivity index (χ3n) is 6.97. The molecule has 40 heavy (non-hydrogen) atoms. The first kappa shape index (κ1) is 30.2. The second kappa shape index (κ2) is 12.0. The van der Waals surface area contributed by atoms with Crippen molar-refractivity contribution in [2.45, 2.75) is 57.6 Å². The van der Waals surface area contributed by atoms with Gasteiger partial charge in [-0.2, -0.15) is 12.7 Å². The van der Waals surface area contributed by atoms with E-state index in [1.165, 1.54) is 16.8 Å². The fourth-order valence-electron chi connectivity index (χ4n) is 4.75. The number of aliphatic hydroxyl groups excluding tert-OH is 1. The molecule has 218 valence electrons. The molecule has 2 aliphatic heterocycles. The molecular formula is C28H39N3O6S2Si. The smallest absolute Gasteiger partial charge is 0.332 e. The van der Waals surface area contributed by atoms with E-state index in [2.05, 4.69) is 19.6 Å². The summed E-state index contributed by atoms with van der Waals surface area (Å²) in [7, 11) is -8.94. The molecule has 2 aromatic carbocycles. The maximum Gasteiger partial charge on any atom is 0.332 e. The van der Waals surface area contributed by atoms with Gasteiger partial charge in [-0.1, -0.05) is 74.6 Å². The molecule has 0 bridgehead atoms. The molecule has 1 fully saturated rings. The van der Waals surface area contributed by atoms with E-state index in [1.54, 1.807) is 18.2 Å². The number of nitrogens with zero attached hydrogens (tertiary/aromatic N) is 3. The molecule has 0 aliphatic carbocycles.